The maximum Gasteiger partial charge on any atom is 0.325 e. The minimum atomic E-state index is -0.970. The monoisotopic (exact) mass is 270 g/mol. The third-order valence-electron chi connectivity index (χ3n) is 2.92. The van der Waals surface area contributed by atoms with Gasteiger partial charge in [-0.2, -0.15) is 10.2 Å². The molecule has 0 radical (unpaired) electrons. The molecule has 100 valence electrons. The van der Waals surface area contributed by atoms with Gasteiger partial charge in [0, 0.05) is 0 Å². The van der Waals surface area contributed by atoms with E-state index in [0.29, 0.717) is 22.8 Å². The van der Waals surface area contributed by atoms with Gasteiger partial charge in [-0.1, -0.05) is 0 Å². The maximum absolute atomic E-state index is 10.8. The highest BCUT2D eigenvalue weighted by Crippen LogP contribution is 2.18. The molecule has 3 N–H and O–H groups in total. The SMILES string of the molecule is CC(Nc1nc2nc3cc(C#N)ccc3n2[nH]1)C(=O)O. The molecule has 0 saturated heterocycles. The number of nitriles is 1. The number of hydrogen-bond acceptors (Lipinski definition) is 5. The van der Waals surface area contributed by atoms with Crippen LogP contribution >= 0.6 is 0 Å². The lowest BCUT2D eigenvalue weighted by atomic mass is 10.2. The van der Waals surface area contributed by atoms with Gasteiger partial charge < -0.3 is 10.4 Å². The van der Waals surface area contributed by atoms with E-state index in [2.05, 4.69) is 20.4 Å². The summed E-state index contributed by atoms with van der Waals surface area (Å²) in [5.41, 5.74) is 1.94. The number of benzene rings is 1. The molecule has 0 aliphatic heterocycles. The number of fused-ring (bicyclic) bond motifs is 3. The van der Waals surface area contributed by atoms with Crippen molar-refractivity contribution in [3.05, 3.63) is 23.8 Å². The molecular weight excluding hydrogens is 260 g/mol. The fourth-order valence-electron chi connectivity index (χ4n) is 1.88. The van der Waals surface area contributed by atoms with Gasteiger partial charge in [0.2, 0.25) is 5.95 Å². The van der Waals surface area contributed by atoms with Crippen LogP contribution in [-0.2, 0) is 4.79 Å². The molecule has 1 atom stereocenters. The van der Waals surface area contributed by atoms with E-state index in [-0.39, 0.29) is 0 Å². The first kappa shape index (κ1) is 12.0. The van der Waals surface area contributed by atoms with Crippen molar-refractivity contribution in [3.8, 4) is 6.07 Å². The van der Waals surface area contributed by atoms with E-state index in [1.807, 2.05) is 6.07 Å². The molecule has 0 aliphatic rings. The number of nitrogens with one attached hydrogen (secondary N) is 2. The number of carbonyl (C=O) groups is 1. The van der Waals surface area contributed by atoms with Gasteiger partial charge in [0.25, 0.3) is 5.78 Å². The van der Waals surface area contributed by atoms with Crippen molar-refractivity contribution in [1.29, 1.82) is 5.26 Å². The maximum atomic E-state index is 10.8. The molecular formula is C12H10N6O2. The number of rotatable bonds is 3. The molecule has 0 fully saturated rings. The van der Waals surface area contributed by atoms with Gasteiger partial charge in [0.05, 0.1) is 22.7 Å². The fraction of sp³-hybridized carbons (Fsp3) is 0.167. The number of aliphatic carboxylic acids is 1. The van der Waals surface area contributed by atoms with Crippen molar-refractivity contribution < 1.29 is 9.90 Å². The molecule has 0 aliphatic carbocycles. The molecule has 0 bridgehead atoms. The van der Waals surface area contributed by atoms with Gasteiger partial charge in [-0.05, 0) is 25.1 Å². The lowest BCUT2D eigenvalue weighted by Gasteiger charge is -2.06. The Morgan fingerprint density at radius 1 is 1.55 bits per heavy atom. The summed E-state index contributed by atoms with van der Waals surface area (Å²) in [5, 5.41) is 23.3. The first-order chi connectivity index (χ1) is 9.58. The highest BCUT2D eigenvalue weighted by atomic mass is 16.4. The highest BCUT2D eigenvalue weighted by molar-refractivity contribution is 5.81. The lowest BCUT2D eigenvalue weighted by Crippen LogP contribution is -2.26. The number of carboxylic acids is 1. The van der Waals surface area contributed by atoms with Crippen molar-refractivity contribution in [2.24, 2.45) is 0 Å². The molecule has 3 aromatic rings. The summed E-state index contributed by atoms with van der Waals surface area (Å²) in [6.07, 6.45) is 0. The Morgan fingerprint density at radius 2 is 2.35 bits per heavy atom. The van der Waals surface area contributed by atoms with Crippen molar-refractivity contribution in [2.45, 2.75) is 13.0 Å². The summed E-state index contributed by atoms with van der Waals surface area (Å²) >= 11 is 0. The van der Waals surface area contributed by atoms with Gasteiger partial charge in [0.15, 0.2) is 0 Å². The quantitative estimate of drug-likeness (QED) is 0.652. The van der Waals surface area contributed by atoms with Crippen LogP contribution in [0.2, 0.25) is 0 Å². The van der Waals surface area contributed by atoms with E-state index in [4.69, 9.17) is 10.4 Å². The predicted octanol–water partition coefficient (Wildman–Crippen LogP) is 0.967. The first-order valence-electron chi connectivity index (χ1n) is 5.86. The van der Waals surface area contributed by atoms with Gasteiger partial charge >= 0.3 is 5.97 Å². The Hall–Kier alpha value is -3.08. The largest absolute Gasteiger partial charge is 0.480 e. The zero-order valence-corrected chi connectivity index (χ0v) is 10.5. The zero-order valence-electron chi connectivity index (χ0n) is 10.5. The minimum absolute atomic E-state index is 0.327. The summed E-state index contributed by atoms with van der Waals surface area (Å²) in [6, 6.07) is 6.40. The van der Waals surface area contributed by atoms with Crippen molar-refractivity contribution in [3.63, 3.8) is 0 Å². The third-order valence-corrected chi connectivity index (χ3v) is 2.92. The summed E-state index contributed by atoms with van der Waals surface area (Å²) < 4.78 is 1.63. The molecule has 2 aromatic heterocycles. The molecule has 2 heterocycles. The first-order valence-corrected chi connectivity index (χ1v) is 5.86. The van der Waals surface area contributed by atoms with Crippen molar-refractivity contribution in [1.82, 2.24) is 19.6 Å². The van der Waals surface area contributed by atoms with Crippen LogP contribution in [0.3, 0.4) is 0 Å². The standard InChI is InChI=1S/C12H10N6O2/c1-6(10(19)20)14-11-16-12-15-8-4-7(5-13)2-3-9(8)18(12)17-11/h2-4,6H,1H3,(H,19,20)(H2,14,15,16,17). The Morgan fingerprint density at radius 3 is 3.05 bits per heavy atom. The van der Waals surface area contributed by atoms with Crippen LogP contribution < -0.4 is 5.32 Å². The fourth-order valence-corrected chi connectivity index (χ4v) is 1.88. The number of aromatic nitrogens is 4. The van der Waals surface area contributed by atoms with Crippen LogP contribution in [0.15, 0.2) is 18.2 Å². The van der Waals surface area contributed by atoms with Crippen LogP contribution in [0.25, 0.3) is 16.8 Å². The molecule has 8 heteroatoms. The molecule has 0 amide bonds. The average molecular weight is 270 g/mol. The number of carboxylic acid groups (broad SMARTS) is 1. The van der Waals surface area contributed by atoms with Gasteiger partial charge in [0.1, 0.15) is 6.04 Å². The Balaban J connectivity index is 2.05. The summed E-state index contributed by atoms with van der Waals surface area (Å²) in [5.74, 6) is -0.230. The molecule has 1 unspecified atom stereocenters. The molecule has 8 nitrogen and oxygen atoms in total. The summed E-state index contributed by atoms with van der Waals surface area (Å²) in [7, 11) is 0. The molecule has 20 heavy (non-hydrogen) atoms. The molecule has 0 spiro atoms. The number of nitrogens with zero attached hydrogens (tertiary/aromatic N) is 4. The molecule has 3 rings (SSSR count). The number of hydrogen-bond donors (Lipinski definition) is 3. The number of H-pyrrole nitrogens is 1. The highest BCUT2D eigenvalue weighted by Gasteiger charge is 2.14. The van der Waals surface area contributed by atoms with Gasteiger partial charge in [-0.15, -0.1) is 0 Å². The average Bonchev–Trinajstić information content (AvgIpc) is 2.94. The van der Waals surface area contributed by atoms with Crippen LogP contribution in [0, 0.1) is 11.3 Å². The predicted molar refractivity (Wildman–Crippen MR) is 70.3 cm³/mol. The van der Waals surface area contributed by atoms with E-state index in [1.165, 1.54) is 6.92 Å². The van der Waals surface area contributed by atoms with E-state index in [9.17, 15) is 4.79 Å². The second-order valence-corrected chi connectivity index (χ2v) is 4.34. The van der Waals surface area contributed by atoms with Crippen LogP contribution in [0.4, 0.5) is 5.95 Å². The number of imidazole rings is 1. The van der Waals surface area contributed by atoms with Crippen molar-refractivity contribution in [2.75, 3.05) is 5.32 Å². The molecule has 1 aromatic carbocycles. The normalized spacial score (nSPS) is 12.4. The van der Waals surface area contributed by atoms with Crippen LogP contribution in [-0.4, -0.2) is 36.7 Å². The lowest BCUT2D eigenvalue weighted by molar-refractivity contribution is -0.137. The molecule has 0 saturated carbocycles. The summed E-state index contributed by atoms with van der Waals surface area (Å²) in [4.78, 5) is 19.2. The van der Waals surface area contributed by atoms with E-state index < -0.39 is 12.0 Å². The second-order valence-electron chi connectivity index (χ2n) is 4.34. The van der Waals surface area contributed by atoms with Crippen molar-refractivity contribution >= 4 is 28.7 Å². The van der Waals surface area contributed by atoms with Gasteiger partial charge in [-0.3, -0.25) is 9.89 Å². The Bertz CT molecular complexity index is 856. The van der Waals surface area contributed by atoms with E-state index in [0.717, 1.165) is 5.52 Å². The van der Waals surface area contributed by atoms with Gasteiger partial charge in [-0.25, -0.2) is 9.50 Å². The second kappa shape index (κ2) is 4.24. The van der Waals surface area contributed by atoms with E-state index >= 15 is 0 Å². The minimum Gasteiger partial charge on any atom is -0.480 e. The Kier molecular flexibility index (Phi) is 2.54. The zero-order chi connectivity index (χ0) is 14.3. The number of anilines is 1. The van der Waals surface area contributed by atoms with E-state index in [1.54, 1.807) is 22.7 Å². The van der Waals surface area contributed by atoms with Crippen LogP contribution in [0.1, 0.15) is 12.5 Å². The topological polar surface area (TPSA) is 119 Å². The Labute approximate surface area is 112 Å². The third kappa shape index (κ3) is 1.81. The van der Waals surface area contributed by atoms with Crippen LogP contribution in [0.5, 0.6) is 0 Å². The smallest absolute Gasteiger partial charge is 0.325 e. The number of aromatic amines is 1. The summed E-state index contributed by atoms with van der Waals surface area (Å²) in [6.45, 7) is 1.52.